The van der Waals surface area contributed by atoms with Gasteiger partial charge in [0.2, 0.25) is 0 Å². The van der Waals surface area contributed by atoms with Gasteiger partial charge in [-0.15, -0.1) is 0 Å². The molecule has 1 aromatic rings. The van der Waals surface area contributed by atoms with Crippen LogP contribution in [0.15, 0.2) is 17.3 Å². The van der Waals surface area contributed by atoms with E-state index in [0.29, 0.717) is 0 Å². The summed E-state index contributed by atoms with van der Waals surface area (Å²) >= 11 is 0. The summed E-state index contributed by atoms with van der Waals surface area (Å²) in [6.07, 6.45) is 1.09. The van der Waals surface area contributed by atoms with Crippen molar-refractivity contribution in [2.45, 2.75) is 0 Å². The number of hydrogen-bond acceptors (Lipinski definition) is 2. The maximum Gasteiger partial charge on any atom is 0.168 e. The Morgan fingerprint density at radius 3 is 3.00 bits per heavy atom. The maximum atomic E-state index is 12.8. The van der Waals surface area contributed by atoms with Crippen LogP contribution in [0.4, 0.5) is 8.78 Å². The minimum atomic E-state index is -1.02. The van der Waals surface area contributed by atoms with Crippen molar-refractivity contribution in [3.8, 4) is 0 Å². The largest absolute Gasteiger partial charge is 0.399 e. The Hall–Kier alpha value is -1.45. The van der Waals surface area contributed by atoms with Crippen molar-refractivity contribution in [2.75, 3.05) is 7.11 Å². The van der Waals surface area contributed by atoms with Crippen molar-refractivity contribution < 1.29 is 13.6 Å². The summed E-state index contributed by atoms with van der Waals surface area (Å²) < 4.78 is 25.2. The number of hydrogen-bond donors (Lipinski definition) is 0. The summed E-state index contributed by atoms with van der Waals surface area (Å²) in [5.74, 6) is -1.99. The lowest BCUT2D eigenvalue weighted by Crippen LogP contribution is -1.92. The summed E-state index contributed by atoms with van der Waals surface area (Å²) in [5, 5.41) is 3.30. The molecule has 4 heteroatoms. The van der Waals surface area contributed by atoms with Gasteiger partial charge >= 0.3 is 0 Å². The quantitative estimate of drug-likeness (QED) is 0.489. The molecular weight excluding hydrogens is 164 g/mol. The molecule has 12 heavy (non-hydrogen) atoms. The standard InChI is InChI=1S/C8H6F2NO/c1-12-11-5-6-3-2-4-7(9)8(6)10/h2-3,5H,1H3/b11-5+. The molecule has 0 aliphatic carbocycles. The van der Waals surface area contributed by atoms with Gasteiger partial charge in [-0.05, 0) is 6.07 Å². The fraction of sp³-hybridized carbons (Fsp3) is 0.125. The lowest BCUT2D eigenvalue weighted by molar-refractivity contribution is 0.215. The van der Waals surface area contributed by atoms with E-state index in [1.54, 1.807) is 0 Å². The Morgan fingerprint density at radius 1 is 1.58 bits per heavy atom. The molecule has 0 aromatic heterocycles. The summed E-state index contributed by atoms with van der Waals surface area (Å²) in [4.78, 5) is 4.31. The van der Waals surface area contributed by atoms with E-state index in [9.17, 15) is 8.78 Å². The van der Waals surface area contributed by atoms with Crippen molar-refractivity contribution in [1.29, 1.82) is 0 Å². The van der Waals surface area contributed by atoms with E-state index in [-0.39, 0.29) is 5.56 Å². The molecule has 0 aliphatic rings. The molecule has 0 spiro atoms. The van der Waals surface area contributed by atoms with Crippen LogP contribution in [0.5, 0.6) is 0 Å². The zero-order valence-electron chi connectivity index (χ0n) is 6.34. The van der Waals surface area contributed by atoms with Crippen LogP contribution in [0.2, 0.25) is 0 Å². The Morgan fingerprint density at radius 2 is 2.33 bits per heavy atom. The molecule has 0 fully saturated rings. The molecule has 0 saturated carbocycles. The van der Waals surface area contributed by atoms with Crippen molar-refractivity contribution >= 4 is 6.21 Å². The van der Waals surface area contributed by atoms with Gasteiger partial charge in [0.15, 0.2) is 11.6 Å². The second kappa shape index (κ2) is 3.80. The lowest BCUT2D eigenvalue weighted by Gasteiger charge is -1.95. The van der Waals surface area contributed by atoms with Crippen LogP contribution in [-0.2, 0) is 4.84 Å². The van der Waals surface area contributed by atoms with E-state index >= 15 is 0 Å². The first-order valence-corrected chi connectivity index (χ1v) is 3.18. The predicted molar refractivity (Wildman–Crippen MR) is 39.8 cm³/mol. The molecule has 2 nitrogen and oxygen atoms in total. The summed E-state index contributed by atoms with van der Waals surface area (Å²) in [6.45, 7) is 0. The third-order valence-electron chi connectivity index (χ3n) is 1.22. The second-order valence-corrected chi connectivity index (χ2v) is 1.98. The topological polar surface area (TPSA) is 21.6 Å². The summed E-state index contributed by atoms with van der Waals surface area (Å²) in [7, 11) is 1.32. The molecule has 0 N–H and O–H groups in total. The molecular formula is C8H6F2NO. The summed E-state index contributed by atoms with van der Waals surface area (Å²) in [6, 6.07) is 4.69. The third-order valence-corrected chi connectivity index (χ3v) is 1.22. The first-order chi connectivity index (χ1) is 5.75. The molecule has 0 unspecified atom stereocenters. The number of oxime groups is 1. The van der Waals surface area contributed by atoms with Gasteiger partial charge in [0.25, 0.3) is 0 Å². The third kappa shape index (κ3) is 1.78. The van der Waals surface area contributed by atoms with Gasteiger partial charge in [-0.1, -0.05) is 11.2 Å². The van der Waals surface area contributed by atoms with Gasteiger partial charge in [0.1, 0.15) is 7.11 Å². The van der Waals surface area contributed by atoms with Crippen molar-refractivity contribution in [3.05, 3.63) is 35.4 Å². The summed E-state index contributed by atoms with van der Waals surface area (Å²) in [5.41, 5.74) is 0.0353. The van der Waals surface area contributed by atoms with Crippen LogP contribution >= 0.6 is 0 Å². The average Bonchev–Trinajstić information content (AvgIpc) is 2.08. The zero-order chi connectivity index (χ0) is 8.97. The molecule has 1 rings (SSSR count). The molecule has 0 saturated heterocycles. The van der Waals surface area contributed by atoms with E-state index < -0.39 is 11.6 Å². The molecule has 1 aromatic carbocycles. The molecule has 1 radical (unpaired) electrons. The highest BCUT2D eigenvalue weighted by Crippen LogP contribution is 2.08. The molecule has 0 amide bonds. The number of benzene rings is 1. The highest BCUT2D eigenvalue weighted by molar-refractivity contribution is 5.79. The lowest BCUT2D eigenvalue weighted by atomic mass is 10.2. The van der Waals surface area contributed by atoms with Crippen molar-refractivity contribution in [2.24, 2.45) is 5.16 Å². The van der Waals surface area contributed by atoms with Gasteiger partial charge < -0.3 is 4.84 Å². The predicted octanol–water partition coefficient (Wildman–Crippen LogP) is 1.75. The van der Waals surface area contributed by atoms with E-state index in [0.717, 1.165) is 6.21 Å². The smallest absolute Gasteiger partial charge is 0.168 e. The molecule has 63 valence electrons. The van der Waals surface area contributed by atoms with Crippen LogP contribution in [0.3, 0.4) is 0 Å². The van der Waals surface area contributed by atoms with Crippen LogP contribution < -0.4 is 0 Å². The number of nitrogens with zero attached hydrogens (tertiary/aromatic N) is 1. The van der Waals surface area contributed by atoms with E-state index in [1.165, 1.54) is 19.2 Å². The first-order valence-electron chi connectivity index (χ1n) is 3.18. The number of halogens is 2. The van der Waals surface area contributed by atoms with E-state index in [4.69, 9.17) is 0 Å². The van der Waals surface area contributed by atoms with E-state index in [2.05, 4.69) is 16.1 Å². The second-order valence-electron chi connectivity index (χ2n) is 1.98. The molecule has 0 heterocycles. The van der Waals surface area contributed by atoms with Gasteiger partial charge in [0, 0.05) is 11.6 Å². The van der Waals surface area contributed by atoms with Crippen LogP contribution in [-0.4, -0.2) is 13.3 Å². The maximum absolute atomic E-state index is 12.8. The Kier molecular flexibility index (Phi) is 2.74. The van der Waals surface area contributed by atoms with Crippen molar-refractivity contribution in [3.63, 3.8) is 0 Å². The minimum Gasteiger partial charge on any atom is -0.399 e. The van der Waals surface area contributed by atoms with Gasteiger partial charge in [0.05, 0.1) is 6.21 Å². The highest BCUT2D eigenvalue weighted by Gasteiger charge is 2.04. The fourth-order valence-electron chi connectivity index (χ4n) is 0.677. The SMILES string of the molecule is CO/N=C/c1cc[c]c(F)c1F. The van der Waals surface area contributed by atoms with Gasteiger partial charge in [-0.25, -0.2) is 8.78 Å². The Bertz CT molecular complexity index is 299. The van der Waals surface area contributed by atoms with Gasteiger partial charge in [-0.3, -0.25) is 0 Å². The van der Waals surface area contributed by atoms with Crippen molar-refractivity contribution in [1.82, 2.24) is 0 Å². The monoisotopic (exact) mass is 170 g/mol. The first kappa shape index (κ1) is 8.64. The normalized spacial score (nSPS) is 10.6. The highest BCUT2D eigenvalue weighted by atomic mass is 19.2. The van der Waals surface area contributed by atoms with Crippen LogP contribution in [0.1, 0.15) is 5.56 Å². The molecule has 0 atom stereocenters. The number of rotatable bonds is 2. The van der Waals surface area contributed by atoms with Crippen LogP contribution in [0, 0.1) is 17.7 Å². The Balaban J connectivity index is 3.00. The zero-order valence-corrected chi connectivity index (χ0v) is 6.34. The van der Waals surface area contributed by atoms with E-state index in [1.807, 2.05) is 0 Å². The molecule has 0 aliphatic heterocycles. The average molecular weight is 170 g/mol. The molecule has 0 bridgehead atoms. The Labute approximate surface area is 68.5 Å². The van der Waals surface area contributed by atoms with Gasteiger partial charge in [-0.2, -0.15) is 0 Å². The van der Waals surface area contributed by atoms with Crippen LogP contribution in [0.25, 0.3) is 0 Å². The fourth-order valence-corrected chi connectivity index (χ4v) is 0.677. The minimum absolute atomic E-state index is 0.0353.